The minimum Gasteiger partial charge on any atom is -0.379 e. The van der Waals surface area contributed by atoms with Gasteiger partial charge < -0.3 is 10.1 Å². The van der Waals surface area contributed by atoms with Gasteiger partial charge >= 0.3 is 0 Å². The highest BCUT2D eigenvalue weighted by Crippen LogP contribution is 2.40. The lowest BCUT2D eigenvalue weighted by atomic mass is 10.1. The highest BCUT2D eigenvalue weighted by atomic mass is 16.5. The Balaban J connectivity index is 1.27. The molecule has 0 radical (unpaired) electrons. The molecule has 1 aliphatic heterocycles. The van der Waals surface area contributed by atoms with Crippen molar-refractivity contribution < 1.29 is 9.53 Å². The largest absolute Gasteiger partial charge is 0.379 e. The first-order valence-electron chi connectivity index (χ1n) is 10.1. The molecule has 0 atom stereocenters. The van der Waals surface area contributed by atoms with Gasteiger partial charge in [-0.05, 0) is 17.7 Å². The van der Waals surface area contributed by atoms with Gasteiger partial charge in [0.15, 0.2) is 0 Å². The number of H-pyrrole nitrogens is 1. The summed E-state index contributed by atoms with van der Waals surface area (Å²) in [6, 6.07) is 16.4. The van der Waals surface area contributed by atoms with Crippen molar-refractivity contribution in [2.45, 2.75) is 12.8 Å². The predicted octanol–water partition coefficient (Wildman–Crippen LogP) is 3.31. The van der Waals surface area contributed by atoms with Gasteiger partial charge in [-0.1, -0.05) is 36.4 Å². The number of carbonyl (C=O) groups excluding carboxylic acids is 1. The molecule has 1 aliphatic carbocycles. The van der Waals surface area contributed by atoms with Gasteiger partial charge in [-0.3, -0.25) is 14.8 Å². The molecule has 0 saturated carbocycles. The SMILES string of the molecule is O=C(CCN1CCOCC1)Nc1ccc2c(c1)Cc1c(-c3ccccc3)n[nH]c1-2. The molecule has 6 heteroatoms. The second kappa shape index (κ2) is 7.81. The van der Waals surface area contributed by atoms with Crippen LogP contribution in [0.2, 0.25) is 0 Å². The molecule has 1 aromatic heterocycles. The Labute approximate surface area is 169 Å². The Morgan fingerprint density at radius 2 is 1.97 bits per heavy atom. The molecule has 2 heterocycles. The van der Waals surface area contributed by atoms with Crippen LogP contribution >= 0.6 is 0 Å². The summed E-state index contributed by atoms with van der Waals surface area (Å²) in [4.78, 5) is 14.7. The highest BCUT2D eigenvalue weighted by Gasteiger charge is 2.25. The summed E-state index contributed by atoms with van der Waals surface area (Å²) in [5.41, 5.74) is 7.68. The lowest BCUT2D eigenvalue weighted by Gasteiger charge is -2.26. The molecule has 29 heavy (non-hydrogen) atoms. The maximum Gasteiger partial charge on any atom is 0.225 e. The third kappa shape index (κ3) is 3.69. The van der Waals surface area contributed by atoms with Gasteiger partial charge in [0.25, 0.3) is 0 Å². The Morgan fingerprint density at radius 1 is 1.14 bits per heavy atom. The molecule has 3 aromatic rings. The Kier molecular flexibility index (Phi) is 4.87. The lowest BCUT2D eigenvalue weighted by molar-refractivity contribution is -0.116. The Morgan fingerprint density at radius 3 is 2.79 bits per heavy atom. The first-order chi connectivity index (χ1) is 14.3. The van der Waals surface area contributed by atoms with E-state index in [1.165, 1.54) is 16.7 Å². The lowest BCUT2D eigenvalue weighted by Crippen LogP contribution is -2.38. The van der Waals surface area contributed by atoms with E-state index in [2.05, 4.69) is 44.7 Å². The first kappa shape index (κ1) is 18.1. The Hall–Kier alpha value is -2.96. The van der Waals surface area contributed by atoms with E-state index in [1.54, 1.807) is 0 Å². The summed E-state index contributed by atoms with van der Waals surface area (Å²) >= 11 is 0. The minimum absolute atomic E-state index is 0.0552. The minimum atomic E-state index is 0.0552. The second-order valence-corrected chi connectivity index (χ2v) is 7.59. The molecular formula is C23H24N4O2. The molecule has 0 unspecified atom stereocenters. The van der Waals surface area contributed by atoms with Gasteiger partial charge in [-0.2, -0.15) is 5.10 Å². The summed E-state index contributed by atoms with van der Waals surface area (Å²) in [5, 5.41) is 10.8. The van der Waals surface area contributed by atoms with Crippen molar-refractivity contribution in [2.75, 3.05) is 38.2 Å². The Bertz CT molecular complexity index is 1020. The van der Waals surface area contributed by atoms with Crippen molar-refractivity contribution in [1.29, 1.82) is 0 Å². The number of aromatic nitrogens is 2. The van der Waals surface area contributed by atoms with Crippen LogP contribution in [0.1, 0.15) is 17.5 Å². The molecule has 0 bridgehead atoms. The average Bonchev–Trinajstić information content (AvgIpc) is 3.32. The number of nitrogens with zero attached hydrogens (tertiary/aromatic N) is 2. The van der Waals surface area contributed by atoms with E-state index < -0.39 is 0 Å². The van der Waals surface area contributed by atoms with Crippen molar-refractivity contribution in [3.63, 3.8) is 0 Å². The molecule has 148 valence electrons. The van der Waals surface area contributed by atoms with Crippen LogP contribution in [-0.2, 0) is 16.0 Å². The molecule has 1 saturated heterocycles. The van der Waals surface area contributed by atoms with Crippen molar-refractivity contribution in [3.05, 3.63) is 59.7 Å². The van der Waals surface area contributed by atoms with E-state index in [0.29, 0.717) is 6.42 Å². The average molecular weight is 388 g/mol. The maximum absolute atomic E-state index is 12.4. The third-order valence-electron chi connectivity index (χ3n) is 5.70. The fourth-order valence-corrected chi connectivity index (χ4v) is 4.15. The number of fused-ring (bicyclic) bond motifs is 3. The number of carbonyl (C=O) groups is 1. The normalized spacial score (nSPS) is 15.7. The topological polar surface area (TPSA) is 70.2 Å². The maximum atomic E-state index is 12.4. The number of aromatic amines is 1. The van der Waals surface area contributed by atoms with E-state index in [1.807, 2.05) is 24.3 Å². The van der Waals surface area contributed by atoms with Gasteiger partial charge in [0.1, 0.15) is 0 Å². The number of hydrogen-bond acceptors (Lipinski definition) is 4. The van der Waals surface area contributed by atoms with Crippen LogP contribution in [-0.4, -0.2) is 53.9 Å². The summed E-state index contributed by atoms with van der Waals surface area (Å²) in [7, 11) is 0. The monoisotopic (exact) mass is 388 g/mol. The quantitative estimate of drug-likeness (QED) is 0.550. The number of ether oxygens (including phenoxy) is 1. The summed E-state index contributed by atoms with van der Waals surface area (Å²) in [6.45, 7) is 4.10. The number of anilines is 1. The van der Waals surface area contributed by atoms with Gasteiger partial charge in [0.05, 0.1) is 24.6 Å². The van der Waals surface area contributed by atoms with E-state index in [-0.39, 0.29) is 5.91 Å². The van der Waals surface area contributed by atoms with Crippen LogP contribution in [0.3, 0.4) is 0 Å². The fourth-order valence-electron chi connectivity index (χ4n) is 4.15. The van der Waals surface area contributed by atoms with Crippen LogP contribution in [0.15, 0.2) is 48.5 Å². The smallest absolute Gasteiger partial charge is 0.225 e. The van der Waals surface area contributed by atoms with Gasteiger partial charge in [-0.15, -0.1) is 0 Å². The molecule has 2 aliphatic rings. The third-order valence-corrected chi connectivity index (χ3v) is 5.70. The summed E-state index contributed by atoms with van der Waals surface area (Å²) < 4.78 is 5.35. The van der Waals surface area contributed by atoms with Crippen molar-refractivity contribution >= 4 is 11.6 Å². The number of amides is 1. The number of rotatable bonds is 5. The van der Waals surface area contributed by atoms with Crippen LogP contribution in [0, 0.1) is 0 Å². The van der Waals surface area contributed by atoms with Crippen LogP contribution < -0.4 is 5.32 Å². The summed E-state index contributed by atoms with van der Waals surface area (Å²) in [5.74, 6) is 0.0552. The van der Waals surface area contributed by atoms with Gasteiger partial charge in [-0.25, -0.2) is 0 Å². The van der Waals surface area contributed by atoms with E-state index in [0.717, 1.165) is 61.9 Å². The first-order valence-corrected chi connectivity index (χ1v) is 10.1. The molecule has 2 aromatic carbocycles. The van der Waals surface area contributed by atoms with Crippen molar-refractivity contribution in [1.82, 2.24) is 15.1 Å². The van der Waals surface area contributed by atoms with E-state index in [9.17, 15) is 4.79 Å². The van der Waals surface area contributed by atoms with Crippen LogP contribution in [0.4, 0.5) is 5.69 Å². The second-order valence-electron chi connectivity index (χ2n) is 7.59. The number of hydrogen-bond donors (Lipinski definition) is 2. The van der Waals surface area contributed by atoms with Gasteiger partial charge in [0, 0.05) is 54.9 Å². The van der Waals surface area contributed by atoms with Crippen LogP contribution in [0.5, 0.6) is 0 Å². The molecule has 1 fully saturated rings. The standard InChI is InChI=1S/C23H24N4O2/c28-21(8-9-27-10-12-29-13-11-27)24-18-6-7-19-17(14-18)15-20-22(25-26-23(19)20)16-4-2-1-3-5-16/h1-7,14H,8-13,15H2,(H,24,28)(H,25,26). The zero-order valence-corrected chi connectivity index (χ0v) is 16.3. The predicted molar refractivity (Wildman–Crippen MR) is 113 cm³/mol. The molecule has 2 N–H and O–H groups in total. The summed E-state index contributed by atoms with van der Waals surface area (Å²) in [6.07, 6.45) is 1.32. The number of benzene rings is 2. The number of morpholine rings is 1. The van der Waals surface area contributed by atoms with E-state index in [4.69, 9.17) is 4.74 Å². The molecule has 5 rings (SSSR count). The van der Waals surface area contributed by atoms with Crippen molar-refractivity contribution in [3.8, 4) is 22.5 Å². The van der Waals surface area contributed by atoms with E-state index >= 15 is 0 Å². The zero-order chi connectivity index (χ0) is 19.6. The molecular weight excluding hydrogens is 364 g/mol. The molecule has 6 nitrogen and oxygen atoms in total. The van der Waals surface area contributed by atoms with Gasteiger partial charge in [0.2, 0.25) is 5.91 Å². The zero-order valence-electron chi connectivity index (χ0n) is 16.3. The van der Waals surface area contributed by atoms with Crippen molar-refractivity contribution in [2.24, 2.45) is 0 Å². The molecule has 0 spiro atoms. The van der Waals surface area contributed by atoms with Crippen LogP contribution in [0.25, 0.3) is 22.5 Å². The fraction of sp³-hybridized carbons (Fsp3) is 0.304. The highest BCUT2D eigenvalue weighted by molar-refractivity contribution is 5.92. The molecule has 1 amide bonds. The number of nitrogens with one attached hydrogen (secondary N) is 2.